The van der Waals surface area contributed by atoms with Gasteiger partial charge in [0.25, 0.3) is 0 Å². The molecule has 0 spiro atoms. The second kappa shape index (κ2) is 7.74. The SMILES string of the molecule is COc1ccc(-c2nc3n(n2)[C@H](C(=O)Nc2ccccc2C(F)(F)F)CC(=O)N3)cc1. The van der Waals surface area contributed by atoms with Crippen LogP contribution in [-0.2, 0) is 15.8 Å². The monoisotopic (exact) mass is 431 g/mol. The second-order valence-electron chi connectivity index (χ2n) is 6.73. The Bertz CT molecular complexity index is 1140. The lowest BCUT2D eigenvalue weighted by Crippen LogP contribution is -2.36. The summed E-state index contributed by atoms with van der Waals surface area (Å²) in [7, 11) is 1.53. The van der Waals surface area contributed by atoms with Crippen LogP contribution in [0.4, 0.5) is 24.8 Å². The van der Waals surface area contributed by atoms with E-state index >= 15 is 0 Å². The van der Waals surface area contributed by atoms with Crippen LogP contribution in [0.25, 0.3) is 11.4 Å². The Morgan fingerprint density at radius 3 is 2.58 bits per heavy atom. The lowest BCUT2D eigenvalue weighted by Gasteiger charge is -2.23. The number of methoxy groups -OCH3 is 1. The average molecular weight is 431 g/mol. The van der Waals surface area contributed by atoms with Gasteiger partial charge in [-0.2, -0.15) is 18.2 Å². The molecule has 0 saturated heterocycles. The first-order valence-corrected chi connectivity index (χ1v) is 9.14. The van der Waals surface area contributed by atoms with E-state index in [-0.39, 0.29) is 18.2 Å². The Kier molecular flexibility index (Phi) is 5.09. The molecule has 2 N–H and O–H groups in total. The number of aromatic nitrogens is 3. The van der Waals surface area contributed by atoms with Gasteiger partial charge in [-0.25, -0.2) is 4.68 Å². The largest absolute Gasteiger partial charge is 0.497 e. The van der Waals surface area contributed by atoms with Crippen molar-refractivity contribution in [3.05, 3.63) is 54.1 Å². The highest BCUT2D eigenvalue weighted by Gasteiger charge is 2.36. The van der Waals surface area contributed by atoms with Crippen molar-refractivity contribution in [1.82, 2.24) is 14.8 Å². The predicted molar refractivity (Wildman–Crippen MR) is 104 cm³/mol. The van der Waals surface area contributed by atoms with Crippen molar-refractivity contribution in [3.63, 3.8) is 0 Å². The van der Waals surface area contributed by atoms with E-state index in [0.29, 0.717) is 11.3 Å². The van der Waals surface area contributed by atoms with Crippen LogP contribution >= 0.6 is 0 Å². The number of fused-ring (bicyclic) bond motifs is 1. The van der Waals surface area contributed by atoms with Gasteiger partial charge in [0.2, 0.25) is 17.8 Å². The van der Waals surface area contributed by atoms with Gasteiger partial charge >= 0.3 is 6.18 Å². The van der Waals surface area contributed by atoms with E-state index in [0.717, 1.165) is 12.1 Å². The number of alkyl halides is 3. The molecule has 0 aliphatic carbocycles. The molecule has 1 atom stereocenters. The third-order valence-electron chi connectivity index (χ3n) is 4.70. The third-order valence-corrected chi connectivity index (χ3v) is 4.70. The Hall–Kier alpha value is -3.89. The first-order valence-electron chi connectivity index (χ1n) is 9.14. The molecule has 0 radical (unpaired) electrons. The summed E-state index contributed by atoms with van der Waals surface area (Å²) in [6.07, 6.45) is -4.94. The summed E-state index contributed by atoms with van der Waals surface area (Å²) < 4.78 is 46.0. The fraction of sp³-hybridized carbons (Fsp3) is 0.200. The van der Waals surface area contributed by atoms with Gasteiger partial charge in [0.15, 0.2) is 5.82 Å². The molecule has 0 fully saturated rings. The molecular weight excluding hydrogens is 415 g/mol. The van der Waals surface area contributed by atoms with Crippen molar-refractivity contribution in [1.29, 1.82) is 0 Å². The first-order chi connectivity index (χ1) is 14.8. The molecule has 0 bridgehead atoms. The second-order valence-corrected chi connectivity index (χ2v) is 6.73. The molecule has 2 aromatic carbocycles. The molecule has 0 saturated carbocycles. The molecule has 2 amide bonds. The van der Waals surface area contributed by atoms with Crippen LogP contribution in [0.15, 0.2) is 48.5 Å². The summed E-state index contributed by atoms with van der Waals surface area (Å²) in [6, 6.07) is 10.3. The van der Waals surface area contributed by atoms with E-state index in [1.54, 1.807) is 24.3 Å². The van der Waals surface area contributed by atoms with E-state index in [1.165, 1.54) is 23.9 Å². The van der Waals surface area contributed by atoms with Crippen LogP contribution in [0.2, 0.25) is 0 Å². The van der Waals surface area contributed by atoms with Gasteiger partial charge in [-0.3, -0.25) is 14.9 Å². The number of ether oxygens (including phenoxy) is 1. The number of benzene rings is 2. The Morgan fingerprint density at radius 2 is 1.90 bits per heavy atom. The number of anilines is 2. The number of halogens is 3. The number of carbonyl (C=O) groups is 2. The van der Waals surface area contributed by atoms with Gasteiger partial charge in [0.1, 0.15) is 11.8 Å². The number of rotatable bonds is 4. The highest BCUT2D eigenvalue weighted by Crippen LogP contribution is 2.35. The molecule has 3 aromatic rings. The molecule has 1 aliphatic heterocycles. The van der Waals surface area contributed by atoms with E-state index < -0.39 is 35.3 Å². The van der Waals surface area contributed by atoms with Gasteiger partial charge in [-0.1, -0.05) is 12.1 Å². The van der Waals surface area contributed by atoms with Crippen LogP contribution in [0.1, 0.15) is 18.0 Å². The standard InChI is InChI=1S/C20H16F3N5O3/c1-31-12-8-6-11(7-9-12)17-26-19-25-16(29)10-15(28(19)27-17)18(30)24-14-5-3-2-4-13(14)20(21,22)23/h2-9,15H,10H2,1H3,(H,24,30)(H,25,26,27,29)/t15-/m0/s1. The highest BCUT2D eigenvalue weighted by molar-refractivity contribution is 6.01. The number of para-hydroxylation sites is 1. The Balaban J connectivity index is 1.64. The van der Waals surface area contributed by atoms with E-state index in [4.69, 9.17) is 4.74 Å². The summed E-state index contributed by atoms with van der Waals surface area (Å²) in [5, 5.41) is 9.08. The predicted octanol–water partition coefficient (Wildman–Crippen LogP) is 3.49. The molecule has 1 aliphatic rings. The molecule has 31 heavy (non-hydrogen) atoms. The highest BCUT2D eigenvalue weighted by atomic mass is 19.4. The zero-order valence-electron chi connectivity index (χ0n) is 16.1. The topological polar surface area (TPSA) is 98.1 Å². The summed E-state index contributed by atoms with van der Waals surface area (Å²) in [6.45, 7) is 0. The minimum Gasteiger partial charge on any atom is -0.497 e. The normalized spacial score (nSPS) is 15.7. The van der Waals surface area contributed by atoms with E-state index in [1.807, 2.05) is 0 Å². The van der Waals surface area contributed by atoms with Gasteiger partial charge in [-0.15, -0.1) is 5.10 Å². The molecule has 2 heterocycles. The molecular formula is C20H16F3N5O3. The maximum Gasteiger partial charge on any atom is 0.418 e. The van der Waals surface area contributed by atoms with Gasteiger partial charge in [-0.05, 0) is 36.4 Å². The maximum absolute atomic E-state index is 13.2. The van der Waals surface area contributed by atoms with Crippen molar-refractivity contribution in [2.45, 2.75) is 18.6 Å². The van der Waals surface area contributed by atoms with Crippen molar-refractivity contribution in [2.24, 2.45) is 0 Å². The summed E-state index contributed by atoms with van der Waals surface area (Å²) >= 11 is 0. The van der Waals surface area contributed by atoms with Crippen LogP contribution in [-0.4, -0.2) is 33.7 Å². The quantitative estimate of drug-likeness (QED) is 0.659. The molecule has 11 heteroatoms. The molecule has 4 rings (SSSR count). The molecule has 160 valence electrons. The fourth-order valence-electron chi connectivity index (χ4n) is 3.19. The van der Waals surface area contributed by atoms with Crippen molar-refractivity contribution in [3.8, 4) is 17.1 Å². The summed E-state index contributed by atoms with van der Waals surface area (Å²) in [5.74, 6) is -0.398. The van der Waals surface area contributed by atoms with Crippen LogP contribution in [0, 0.1) is 0 Å². The minimum absolute atomic E-state index is 0.0336. The van der Waals surface area contributed by atoms with Gasteiger partial charge in [0.05, 0.1) is 24.8 Å². The van der Waals surface area contributed by atoms with Crippen molar-refractivity contribution in [2.75, 3.05) is 17.7 Å². The minimum atomic E-state index is -4.65. The molecule has 1 aromatic heterocycles. The van der Waals surface area contributed by atoms with Crippen LogP contribution < -0.4 is 15.4 Å². The summed E-state index contributed by atoms with van der Waals surface area (Å²) in [5.41, 5.74) is -0.775. The lowest BCUT2D eigenvalue weighted by atomic mass is 10.1. The van der Waals surface area contributed by atoms with Crippen molar-refractivity contribution < 1.29 is 27.5 Å². The van der Waals surface area contributed by atoms with E-state index in [2.05, 4.69) is 20.7 Å². The number of nitrogens with one attached hydrogen (secondary N) is 2. The average Bonchev–Trinajstić information content (AvgIpc) is 3.16. The maximum atomic E-state index is 13.2. The molecule has 0 unspecified atom stereocenters. The Morgan fingerprint density at radius 1 is 1.19 bits per heavy atom. The molecule has 8 nitrogen and oxygen atoms in total. The third kappa shape index (κ3) is 4.06. The van der Waals surface area contributed by atoms with Gasteiger partial charge < -0.3 is 10.1 Å². The zero-order valence-corrected chi connectivity index (χ0v) is 16.1. The number of hydrogen-bond donors (Lipinski definition) is 2. The van der Waals surface area contributed by atoms with Crippen molar-refractivity contribution >= 4 is 23.5 Å². The first kappa shape index (κ1) is 20.4. The van der Waals surface area contributed by atoms with E-state index in [9.17, 15) is 22.8 Å². The van der Waals surface area contributed by atoms with Crippen LogP contribution in [0.5, 0.6) is 5.75 Å². The van der Waals surface area contributed by atoms with Gasteiger partial charge in [0, 0.05) is 5.56 Å². The summed E-state index contributed by atoms with van der Waals surface area (Å²) in [4.78, 5) is 29.1. The number of hydrogen-bond acceptors (Lipinski definition) is 5. The zero-order chi connectivity index (χ0) is 22.2. The Labute approximate surface area is 174 Å². The fourth-order valence-corrected chi connectivity index (χ4v) is 3.19. The number of amides is 2. The number of nitrogens with zero attached hydrogens (tertiary/aromatic N) is 3. The number of carbonyl (C=O) groups excluding carboxylic acids is 2. The smallest absolute Gasteiger partial charge is 0.418 e. The van der Waals surface area contributed by atoms with Crippen LogP contribution in [0.3, 0.4) is 0 Å². The lowest BCUT2D eigenvalue weighted by molar-refractivity contribution is -0.137.